The molecule has 2 fully saturated rings. The Balaban J connectivity index is 1.47. The predicted octanol–water partition coefficient (Wildman–Crippen LogP) is 1.57. The van der Waals surface area contributed by atoms with E-state index in [-0.39, 0.29) is 12.1 Å². The maximum Gasteiger partial charge on any atom is 0.317 e. The largest absolute Gasteiger partial charge is 0.376 e. The minimum Gasteiger partial charge on any atom is -0.376 e. The van der Waals surface area contributed by atoms with Gasteiger partial charge in [-0.1, -0.05) is 6.07 Å². The second-order valence-electron chi connectivity index (χ2n) is 5.96. The van der Waals surface area contributed by atoms with Crippen LogP contribution in [0.15, 0.2) is 24.3 Å². The first-order valence-corrected chi connectivity index (χ1v) is 8.16. The van der Waals surface area contributed by atoms with Crippen LogP contribution in [0.2, 0.25) is 0 Å². The summed E-state index contributed by atoms with van der Waals surface area (Å²) < 4.78 is 5.52. The summed E-state index contributed by atoms with van der Waals surface area (Å²) >= 11 is 0. The van der Waals surface area contributed by atoms with Crippen molar-refractivity contribution in [3.63, 3.8) is 0 Å². The van der Waals surface area contributed by atoms with E-state index >= 15 is 0 Å². The molecule has 0 bridgehead atoms. The molecule has 1 N–H and O–H groups in total. The van der Waals surface area contributed by atoms with Crippen molar-refractivity contribution in [1.82, 2.24) is 10.2 Å². The molecule has 2 aliphatic rings. The third kappa shape index (κ3) is 3.93. The van der Waals surface area contributed by atoms with Gasteiger partial charge in [-0.15, -0.1) is 0 Å². The average Bonchev–Trinajstić information content (AvgIpc) is 3.13. The van der Waals surface area contributed by atoms with Gasteiger partial charge in [-0.2, -0.15) is 5.26 Å². The van der Waals surface area contributed by atoms with E-state index in [1.54, 1.807) is 6.07 Å². The van der Waals surface area contributed by atoms with Crippen molar-refractivity contribution in [3.8, 4) is 6.07 Å². The highest BCUT2D eigenvalue weighted by atomic mass is 16.5. The number of nitriles is 1. The van der Waals surface area contributed by atoms with Gasteiger partial charge >= 0.3 is 6.03 Å². The highest BCUT2D eigenvalue weighted by Gasteiger charge is 2.23. The Labute approximate surface area is 136 Å². The first-order chi connectivity index (χ1) is 11.3. The number of benzene rings is 1. The van der Waals surface area contributed by atoms with Crippen LogP contribution in [0.1, 0.15) is 18.4 Å². The first-order valence-electron chi connectivity index (χ1n) is 8.16. The number of ether oxygens (including phenoxy) is 1. The maximum absolute atomic E-state index is 12.2. The average molecular weight is 314 g/mol. The van der Waals surface area contributed by atoms with E-state index in [9.17, 15) is 4.79 Å². The Morgan fingerprint density at radius 2 is 2.17 bits per heavy atom. The van der Waals surface area contributed by atoms with Crippen LogP contribution in [0.25, 0.3) is 0 Å². The van der Waals surface area contributed by atoms with Crippen LogP contribution >= 0.6 is 0 Å². The van der Waals surface area contributed by atoms with Crippen molar-refractivity contribution < 1.29 is 9.53 Å². The topological polar surface area (TPSA) is 68.6 Å². The number of hydrogen-bond donors (Lipinski definition) is 1. The van der Waals surface area contributed by atoms with Crippen molar-refractivity contribution in [2.45, 2.75) is 18.9 Å². The standard InChI is InChI=1S/C17H22N4O2/c18-12-14-3-1-4-15(11-14)20-6-8-21(9-7-20)17(22)19-13-16-5-2-10-23-16/h1,3-4,11,16H,2,5-10,13H2,(H,19,22). The molecular weight excluding hydrogens is 292 g/mol. The van der Waals surface area contributed by atoms with Crippen molar-refractivity contribution >= 4 is 11.7 Å². The van der Waals surface area contributed by atoms with E-state index in [1.807, 2.05) is 23.1 Å². The van der Waals surface area contributed by atoms with Crippen LogP contribution in [0.3, 0.4) is 0 Å². The van der Waals surface area contributed by atoms with Crippen molar-refractivity contribution in [2.75, 3.05) is 44.2 Å². The van der Waals surface area contributed by atoms with Gasteiger partial charge in [-0.3, -0.25) is 0 Å². The zero-order chi connectivity index (χ0) is 16.1. The minimum absolute atomic E-state index is 0.00840. The number of rotatable bonds is 3. The van der Waals surface area contributed by atoms with E-state index in [0.29, 0.717) is 25.2 Å². The number of amides is 2. The quantitative estimate of drug-likeness (QED) is 0.919. The molecule has 2 amide bonds. The van der Waals surface area contributed by atoms with Crippen molar-refractivity contribution in [2.24, 2.45) is 0 Å². The van der Waals surface area contributed by atoms with Gasteiger partial charge in [-0.25, -0.2) is 4.79 Å². The molecule has 0 aliphatic carbocycles. The van der Waals surface area contributed by atoms with Gasteiger partial charge in [0, 0.05) is 45.0 Å². The summed E-state index contributed by atoms with van der Waals surface area (Å²) in [5.74, 6) is 0. The Morgan fingerprint density at radius 1 is 1.35 bits per heavy atom. The third-order valence-corrected chi connectivity index (χ3v) is 4.41. The molecule has 0 spiro atoms. The smallest absolute Gasteiger partial charge is 0.317 e. The Hall–Kier alpha value is -2.26. The number of carbonyl (C=O) groups excluding carboxylic acids is 1. The first kappa shape index (κ1) is 15.6. The summed E-state index contributed by atoms with van der Waals surface area (Å²) in [7, 11) is 0. The number of nitrogens with zero attached hydrogens (tertiary/aromatic N) is 3. The van der Waals surface area contributed by atoms with Gasteiger partial charge in [0.25, 0.3) is 0 Å². The second kappa shape index (κ2) is 7.34. The number of piperazine rings is 1. The fourth-order valence-corrected chi connectivity index (χ4v) is 3.06. The monoisotopic (exact) mass is 314 g/mol. The SMILES string of the molecule is N#Cc1cccc(N2CCN(C(=O)NCC3CCCO3)CC2)c1. The summed E-state index contributed by atoms with van der Waals surface area (Å²) in [6.07, 6.45) is 2.29. The second-order valence-corrected chi connectivity index (χ2v) is 5.96. The Bertz CT molecular complexity index is 585. The highest BCUT2D eigenvalue weighted by Crippen LogP contribution is 2.18. The molecule has 23 heavy (non-hydrogen) atoms. The van der Waals surface area contributed by atoms with E-state index < -0.39 is 0 Å². The molecule has 0 radical (unpaired) electrons. The van der Waals surface area contributed by atoms with Gasteiger partial charge in [0.15, 0.2) is 0 Å². The zero-order valence-electron chi connectivity index (χ0n) is 13.2. The molecule has 1 unspecified atom stereocenters. The third-order valence-electron chi connectivity index (χ3n) is 4.41. The molecule has 1 aromatic carbocycles. The number of urea groups is 1. The highest BCUT2D eigenvalue weighted by molar-refractivity contribution is 5.74. The summed E-state index contributed by atoms with van der Waals surface area (Å²) in [6.45, 7) is 4.34. The van der Waals surface area contributed by atoms with Crippen LogP contribution in [0.4, 0.5) is 10.5 Å². The lowest BCUT2D eigenvalue weighted by atomic mass is 10.2. The molecule has 2 saturated heterocycles. The molecule has 122 valence electrons. The van der Waals surface area contributed by atoms with Gasteiger partial charge in [0.1, 0.15) is 0 Å². The molecule has 2 aliphatic heterocycles. The molecule has 3 rings (SSSR count). The normalized spacial score (nSPS) is 21.1. The number of anilines is 1. The fourth-order valence-electron chi connectivity index (χ4n) is 3.06. The van der Waals surface area contributed by atoms with E-state index in [2.05, 4.69) is 16.3 Å². The lowest BCUT2D eigenvalue weighted by Gasteiger charge is -2.36. The van der Waals surface area contributed by atoms with E-state index in [1.165, 1.54) is 0 Å². The molecule has 2 heterocycles. The van der Waals surface area contributed by atoms with Crippen LogP contribution in [0.5, 0.6) is 0 Å². The summed E-state index contributed by atoms with van der Waals surface area (Å²) in [5, 5.41) is 12.0. The summed E-state index contributed by atoms with van der Waals surface area (Å²) in [5.41, 5.74) is 1.71. The number of carbonyl (C=O) groups is 1. The number of hydrogen-bond acceptors (Lipinski definition) is 4. The van der Waals surface area contributed by atoms with E-state index in [0.717, 1.165) is 38.2 Å². The van der Waals surface area contributed by atoms with Gasteiger partial charge in [0.05, 0.1) is 17.7 Å². The molecule has 1 atom stereocenters. The van der Waals surface area contributed by atoms with Crippen LogP contribution < -0.4 is 10.2 Å². The molecule has 0 saturated carbocycles. The van der Waals surface area contributed by atoms with Crippen molar-refractivity contribution in [1.29, 1.82) is 5.26 Å². The van der Waals surface area contributed by atoms with Crippen LogP contribution in [-0.2, 0) is 4.74 Å². The molecule has 0 aromatic heterocycles. The van der Waals surface area contributed by atoms with Gasteiger partial charge < -0.3 is 19.9 Å². The zero-order valence-corrected chi connectivity index (χ0v) is 13.2. The van der Waals surface area contributed by atoms with Crippen LogP contribution in [0, 0.1) is 11.3 Å². The molecular formula is C17H22N4O2. The lowest BCUT2D eigenvalue weighted by Crippen LogP contribution is -2.52. The summed E-state index contributed by atoms with van der Waals surface area (Å²) in [4.78, 5) is 16.3. The fraction of sp³-hybridized carbons (Fsp3) is 0.529. The van der Waals surface area contributed by atoms with Crippen molar-refractivity contribution in [3.05, 3.63) is 29.8 Å². The van der Waals surface area contributed by atoms with Gasteiger partial charge in [-0.05, 0) is 31.0 Å². The van der Waals surface area contributed by atoms with Gasteiger partial charge in [0.2, 0.25) is 0 Å². The minimum atomic E-state index is -0.00840. The Kier molecular flexibility index (Phi) is 4.99. The maximum atomic E-state index is 12.2. The predicted molar refractivity (Wildman–Crippen MR) is 87.3 cm³/mol. The van der Waals surface area contributed by atoms with Crippen LogP contribution in [-0.4, -0.2) is 56.4 Å². The molecule has 6 heteroatoms. The molecule has 6 nitrogen and oxygen atoms in total. The lowest BCUT2D eigenvalue weighted by molar-refractivity contribution is 0.108. The molecule has 1 aromatic rings. The van der Waals surface area contributed by atoms with E-state index in [4.69, 9.17) is 10.00 Å². The Morgan fingerprint density at radius 3 is 2.87 bits per heavy atom. The summed E-state index contributed by atoms with van der Waals surface area (Å²) in [6, 6.07) is 9.76. The number of nitrogens with one attached hydrogen (secondary N) is 1.